The summed E-state index contributed by atoms with van der Waals surface area (Å²) in [7, 11) is 0. The third-order valence-electron chi connectivity index (χ3n) is 4.13. The second-order valence-electron chi connectivity index (χ2n) is 6.12. The molecular weight excluding hydrogens is 304 g/mol. The molecule has 1 aliphatic rings. The van der Waals surface area contributed by atoms with E-state index < -0.39 is 0 Å². The predicted molar refractivity (Wildman–Crippen MR) is 95.9 cm³/mol. The molecule has 6 nitrogen and oxygen atoms in total. The van der Waals surface area contributed by atoms with Gasteiger partial charge in [-0.1, -0.05) is 25.1 Å². The SMILES string of the molecule is CCCNCCNC(=O)C1CCCN(C(=O)Nc2ccccc2)C1. The molecule has 0 aliphatic carbocycles. The summed E-state index contributed by atoms with van der Waals surface area (Å²) in [5.41, 5.74) is 0.774. The lowest BCUT2D eigenvalue weighted by molar-refractivity contribution is -0.126. The maximum atomic E-state index is 12.3. The zero-order valence-corrected chi connectivity index (χ0v) is 14.4. The Morgan fingerprint density at radius 3 is 2.71 bits per heavy atom. The highest BCUT2D eigenvalue weighted by atomic mass is 16.2. The van der Waals surface area contributed by atoms with Crippen molar-refractivity contribution in [3.63, 3.8) is 0 Å². The topological polar surface area (TPSA) is 73.5 Å². The van der Waals surface area contributed by atoms with Gasteiger partial charge in [0.25, 0.3) is 0 Å². The fourth-order valence-corrected chi connectivity index (χ4v) is 2.82. The van der Waals surface area contributed by atoms with Crippen LogP contribution in [0.25, 0.3) is 0 Å². The van der Waals surface area contributed by atoms with E-state index in [4.69, 9.17) is 0 Å². The van der Waals surface area contributed by atoms with Gasteiger partial charge in [0.1, 0.15) is 0 Å². The van der Waals surface area contributed by atoms with Crippen molar-refractivity contribution in [3.05, 3.63) is 30.3 Å². The molecule has 3 amide bonds. The first-order valence-electron chi connectivity index (χ1n) is 8.80. The molecular formula is C18H28N4O2. The van der Waals surface area contributed by atoms with E-state index in [0.29, 0.717) is 19.6 Å². The van der Waals surface area contributed by atoms with Crippen molar-refractivity contribution in [3.8, 4) is 0 Å². The van der Waals surface area contributed by atoms with Crippen LogP contribution in [0.15, 0.2) is 30.3 Å². The second kappa shape index (κ2) is 9.93. The Labute approximate surface area is 144 Å². The number of piperidine rings is 1. The third kappa shape index (κ3) is 5.85. The van der Waals surface area contributed by atoms with E-state index in [-0.39, 0.29) is 17.9 Å². The van der Waals surface area contributed by atoms with Crippen LogP contribution in [-0.4, -0.2) is 49.6 Å². The maximum absolute atomic E-state index is 12.3. The van der Waals surface area contributed by atoms with Crippen LogP contribution in [0.5, 0.6) is 0 Å². The van der Waals surface area contributed by atoms with Gasteiger partial charge in [0, 0.05) is 31.9 Å². The molecule has 0 radical (unpaired) electrons. The number of nitrogens with zero attached hydrogens (tertiary/aromatic N) is 1. The Bertz CT molecular complexity index is 521. The number of benzene rings is 1. The van der Waals surface area contributed by atoms with Crippen molar-refractivity contribution in [2.45, 2.75) is 26.2 Å². The number of carbonyl (C=O) groups excluding carboxylic acids is 2. The fraction of sp³-hybridized carbons (Fsp3) is 0.556. The molecule has 3 N–H and O–H groups in total. The first-order valence-corrected chi connectivity index (χ1v) is 8.80. The number of urea groups is 1. The van der Waals surface area contributed by atoms with Gasteiger partial charge in [-0.05, 0) is 37.9 Å². The summed E-state index contributed by atoms with van der Waals surface area (Å²) in [4.78, 5) is 26.3. The molecule has 1 aliphatic heterocycles. The molecule has 1 atom stereocenters. The minimum Gasteiger partial charge on any atom is -0.355 e. The van der Waals surface area contributed by atoms with Crippen LogP contribution >= 0.6 is 0 Å². The first-order chi connectivity index (χ1) is 11.7. The van der Waals surface area contributed by atoms with E-state index in [1.165, 1.54) is 0 Å². The fourth-order valence-electron chi connectivity index (χ4n) is 2.82. The summed E-state index contributed by atoms with van der Waals surface area (Å²) in [6.45, 7) is 5.67. The number of anilines is 1. The van der Waals surface area contributed by atoms with Gasteiger partial charge in [0.2, 0.25) is 5.91 Å². The third-order valence-corrected chi connectivity index (χ3v) is 4.13. The molecule has 0 spiro atoms. The Hall–Kier alpha value is -2.08. The van der Waals surface area contributed by atoms with Gasteiger partial charge in [0.05, 0.1) is 5.92 Å². The average Bonchev–Trinajstić information content (AvgIpc) is 2.62. The van der Waals surface area contributed by atoms with Crippen LogP contribution in [0.4, 0.5) is 10.5 Å². The van der Waals surface area contributed by atoms with E-state index in [0.717, 1.165) is 38.0 Å². The van der Waals surface area contributed by atoms with Gasteiger partial charge in [-0.2, -0.15) is 0 Å². The van der Waals surface area contributed by atoms with Crippen LogP contribution in [-0.2, 0) is 4.79 Å². The molecule has 1 aromatic carbocycles. The van der Waals surface area contributed by atoms with Crippen molar-refractivity contribution in [1.82, 2.24) is 15.5 Å². The number of rotatable bonds is 7. The highest BCUT2D eigenvalue weighted by Crippen LogP contribution is 2.18. The molecule has 2 rings (SSSR count). The zero-order chi connectivity index (χ0) is 17.2. The quantitative estimate of drug-likeness (QED) is 0.669. The smallest absolute Gasteiger partial charge is 0.321 e. The van der Waals surface area contributed by atoms with E-state index in [1.54, 1.807) is 4.90 Å². The molecule has 1 fully saturated rings. The molecule has 1 heterocycles. The lowest BCUT2D eigenvalue weighted by Crippen LogP contribution is -2.47. The van der Waals surface area contributed by atoms with Crippen LogP contribution in [0.3, 0.4) is 0 Å². The van der Waals surface area contributed by atoms with Crippen LogP contribution in [0, 0.1) is 5.92 Å². The summed E-state index contributed by atoms with van der Waals surface area (Å²) in [6, 6.07) is 9.25. The number of nitrogens with one attached hydrogen (secondary N) is 3. The van der Waals surface area contributed by atoms with Gasteiger partial charge >= 0.3 is 6.03 Å². The summed E-state index contributed by atoms with van der Waals surface area (Å²) in [5, 5.41) is 9.10. The summed E-state index contributed by atoms with van der Waals surface area (Å²) < 4.78 is 0. The summed E-state index contributed by atoms with van der Waals surface area (Å²) >= 11 is 0. The van der Waals surface area contributed by atoms with Crippen molar-refractivity contribution in [1.29, 1.82) is 0 Å². The second-order valence-corrected chi connectivity index (χ2v) is 6.12. The van der Waals surface area contributed by atoms with Crippen molar-refractivity contribution >= 4 is 17.6 Å². The number of amides is 3. The standard InChI is InChI=1S/C18H28N4O2/c1-2-10-19-11-12-20-17(23)15-7-6-13-22(14-15)18(24)21-16-8-4-3-5-9-16/h3-5,8-9,15,19H,2,6-7,10-14H2,1H3,(H,20,23)(H,21,24). The molecule has 24 heavy (non-hydrogen) atoms. The van der Waals surface area contributed by atoms with Gasteiger partial charge in [-0.25, -0.2) is 4.79 Å². The zero-order valence-electron chi connectivity index (χ0n) is 14.4. The predicted octanol–water partition coefficient (Wildman–Crippen LogP) is 2.05. The highest BCUT2D eigenvalue weighted by Gasteiger charge is 2.28. The van der Waals surface area contributed by atoms with Gasteiger partial charge in [-0.3, -0.25) is 4.79 Å². The van der Waals surface area contributed by atoms with E-state index in [1.807, 2.05) is 30.3 Å². The number of carbonyl (C=O) groups is 2. The van der Waals surface area contributed by atoms with Crippen molar-refractivity contribution < 1.29 is 9.59 Å². The number of para-hydroxylation sites is 1. The van der Waals surface area contributed by atoms with E-state index >= 15 is 0 Å². The highest BCUT2D eigenvalue weighted by molar-refractivity contribution is 5.90. The normalized spacial score (nSPS) is 17.4. The van der Waals surface area contributed by atoms with Gasteiger partial charge in [0.15, 0.2) is 0 Å². The largest absolute Gasteiger partial charge is 0.355 e. The van der Waals surface area contributed by atoms with Crippen LogP contribution in [0.2, 0.25) is 0 Å². The molecule has 132 valence electrons. The lowest BCUT2D eigenvalue weighted by Gasteiger charge is -2.32. The number of hydrogen-bond donors (Lipinski definition) is 3. The molecule has 0 saturated carbocycles. The molecule has 1 aromatic rings. The summed E-state index contributed by atoms with van der Waals surface area (Å²) in [6.07, 6.45) is 2.78. The van der Waals surface area contributed by atoms with Crippen molar-refractivity contribution in [2.75, 3.05) is 38.0 Å². The van der Waals surface area contributed by atoms with E-state index in [2.05, 4.69) is 22.9 Å². The lowest BCUT2D eigenvalue weighted by atomic mass is 9.97. The molecule has 0 aromatic heterocycles. The molecule has 1 saturated heterocycles. The van der Waals surface area contributed by atoms with Gasteiger partial charge in [-0.15, -0.1) is 0 Å². The van der Waals surface area contributed by atoms with Crippen molar-refractivity contribution in [2.24, 2.45) is 5.92 Å². The Morgan fingerprint density at radius 1 is 1.17 bits per heavy atom. The maximum Gasteiger partial charge on any atom is 0.321 e. The van der Waals surface area contributed by atoms with Gasteiger partial charge < -0.3 is 20.9 Å². The number of likely N-dealkylation sites (tertiary alicyclic amines) is 1. The first kappa shape index (κ1) is 18.3. The molecule has 1 unspecified atom stereocenters. The van der Waals surface area contributed by atoms with E-state index in [9.17, 15) is 9.59 Å². The molecule has 6 heteroatoms. The average molecular weight is 332 g/mol. The monoisotopic (exact) mass is 332 g/mol. The Morgan fingerprint density at radius 2 is 1.96 bits per heavy atom. The Balaban J connectivity index is 1.76. The minimum atomic E-state index is -0.136. The Kier molecular flexibility index (Phi) is 7.55. The summed E-state index contributed by atoms with van der Waals surface area (Å²) in [5.74, 6) is -0.0723. The molecule has 0 bridgehead atoms. The number of hydrogen-bond acceptors (Lipinski definition) is 3. The van der Waals surface area contributed by atoms with Crippen LogP contribution < -0.4 is 16.0 Å². The minimum absolute atomic E-state index is 0.0468. The van der Waals surface area contributed by atoms with Crippen LogP contribution in [0.1, 0.15) is 26.2 Å².